The Morgan fingerprint density at radius 1 is 1.29 bits per heavy atom. The molecule has 0 saturated carbocycles. The quantitative estimate of drug-likeness (QED) is 0.390. The summed E-state index contributed by atoms with van der Waals surface area (Å²) < 4.78 is 31.4. The maximum atomic E-state index is 12.0. The molecule has 0 bridgehead atoms. The molecule has 0 unspecified atom stereocenters. The van der Waals surface area contributed by atoms with Crippen molar-refractivity contribution in [2.75, 3.05) is 39.0 Å². The van der Waals surface area contributed by atoms with Gasteiger partial charge in [-0.2, -0.15) is 0 Å². The van der Waals surface area contributed by atoms with Crippen LogP contribution in [0, 0.1) is 0 Å². The number of para-hydroxylation sites is 1. The Labute approximate surface area is 169 Å². The van der Waals surface area contributed by atoms with Crippen molar-refractivity contribution in [1.82, 2.24) is 14.9 Å². The first-order valence-corrected chi connectivity index (χ1v) is 11.6. The van der Waals surface area contributed by atoms with Gasteiger partial charge in [0.15, 0.2) is 5.96 Å². The summed E-state index contributed by atoms with van der Waals surface area (Å²) >= 11 is 0. The van der Waals surface area contributed by atoms with E-state index in [9.17, 15) is 8.42 Å². The van der Waals surface area contributed by atoms with Gasteiger partial charge in [-0.05, 0) is 37.3 Å². The second-order valence-corrected chi connectivity index (χ2v) is 9.52. The average molecular weight is 411 g/mol. The molecule has 1 aliphatic heterocycles. The van der Waals surface area contributed by atoms with E-state index >= 15 is 0 Å². The molecule has 158 valence electrons. The lowest BCUT2D eigenvalue weighted by Crippen LogP contribution is -2.50. The Kier molecular flexibility index (Phi) is 8.57. The van der Waals surface area contributed by atoms with Crippen molar-refractivity contribution in [2.45, 2.75) is 45.6 Å². The second kappa shape index (κ2) is 10.7. The third-order valence-corrected chi connectivity index (χ3v) is 6.85. The molecule has 1 heterocycles. The number of ether oxygens (including phenoxy) is 1. The van der Waals surface area contributed by atoms with Crippen molar-refractivity contribution in [3.05, 3.63) is 29.8 Å². The van der Waals surface area contributed by atoms with Gasteiger partial charge in [-0.15, -0.1) is 0 Å². The molecule has 0 aliphatic carbocycles. The molecule has 1 aromatic carbocycles. The molecule has 1 aliphatic rings. The van der Waals surface area contributed by atoms with Crippen molar-refractivity contribution in [2.24, 2.45) is 4.99 Å². The molecular weight excluding hydrogens is 376 g/mol. The summed E-state index contributed by atoms with van der Waals surface area (Å²) in [5.41, 5.74) is 1.21. The Balaban J connectivity index is 1.74. The van der Waals surface area contributed by atoms with Gasteiger partial charge < -0.3 is 15.4 Å². The fourth-order valence-electron chi connectivity index (χ4n) is 3.27. The van der Waals surface area contributed by atoms with E-state index in [2.05, 4.69) is 35.5 Å². The van der Waals surface area contributed by atoms with Crippen LogP contribution in [0.1, 0.15) is 45.1 Å². The Morgan fingerprint density at radius 2 is 1.96 bits per heavy atom. The number of sulfonamides is 1. The van der Waals surface area contributed by atoms with E-state index < -0.39 is 10.0 Å². The zero-order chi connectivity index (χ0) is 20.6. The topological polar surface area (TPSA) is 83.0 Å². The van der Waals surface area contributed by atoms with Gasteiger partial charge in [0.25, 0.3) is 0 Å². The summed E-state index contributed by atoms with van der Waals surface area (Å²) in [7, 11) is -1.35. The minimum atomic E-state index is -3.09. The predicted octanol–water partition coefficient (Wildman–Crippen LogP) is 2.17. The van der Waals surface area contributed by atoms with Gasteiger partial charge in [0, 0.05) is 26.2 Å². The van der Waals surface area contributed by atoms with Crippen molar-refractivity contribution >= 4 is 16.0 Å². The number of rotatable bonds is 8. The maximum absolute atomic E-state index is 12.0. The number of aliphatic imine (C=N–C) groups is 1. The number of nitrogens with one attached hydrogen (secondary N) is 2. The van der Waals surface area contributed by atoms with Crippen LogP contribution in [0.2, 0.25) is 0 Å². The molecule has 0 radical (unpaired) electrons. The Hall–Kier alpha value is -1.80. The zero-order valence-electron chi connectivity index (χ0n) is 17.4. The van der Waals surface area contributed by atoms with Crippen LogP contribution >= 0.6 is 0 Å². The van der Waals surface area contributed by atoms with Crippen LogP contribution < -0.4 is 15.4 Å². The molecule has 0 spiro atoms. The van der Waals surface area contributed by atoms with E-state index in [4.69, 9.17) is 4.74 Å². The summed E-state index contributed by atoms with van der Waals surface area (Å²) in [6.07, 6.45) is 1.55. The lowest BCUT2D eigenvalue weighted by molar-refractivity contribution is 0.303. The smallest absolute Gasteiger partial charge is 0.213 e. The van der Waals surface area contributed by atoms with E-state index in [0.717, 1.165) is 24.6 Å². The van der Waals surface area contributed by atoms with Crippen LogP contribution in [0.4, 0.5) is 0 Å². The highest BCUT2D eigenvalue weighted by Gasteiger charge is 2.26. The molecule has 0 aromatic heterocycles. The number of hydrogen-bond acceptors (Lipinski definition) is 4. The molecule has 2 rings (SSSR count). The molecular formula is C20H34N4O3S. The highest BCUT2D eigenvalue weighted by atomic mass is 32.2. The molecule has 8 heteroatoms. The average Bonchev–Trinajstić information content (AvgIpc) is 2.70. The highest BCUT2D eigenvalue weighted by Crippen LogP contribution is 2.25. The monoisotopic (exact) mass is 410 g/mol. The summed E-state index contributed by atoms with van der Waals surface area (Å²) in [6.45, 7) is 8.28. The Morgan fingerprint density at radius 3 is 2.57 bits per heavy atom. The number of hydrogen-bond donors (Lipinski definition) is 2. The lowest BCUT2D eigenvalue weighted by Gasteiger charge is -2.32. The van der Waals surface area contributed by atoms with E-state index in [1.807, 2.05) is 18.2 Å². The standard InChI is InChI=1S/C20H34N4O3S/c1-5-28(25,26)24-13-10-17(11-14-24)23-20(21-4)22-12-15-27-19-9-7-6-8-18(19)16(2)3/h6-9,16-17H,5,10-15H2,1-4H3,(H2,21,22,23). The molecule has 1 saturated heterocycles. The van der Waals surface area contributed by atoms with Crippen LogP contribution in [0.3, 0.4) is 0 Å². The van der Waals surface area contributed by atoms with Crippen molar-refractivity contribution in [1.29, 1.82) is 0 Å². The normalized spacial score (nSPS) is 17.0. The lowest BCUT2D eigenvalue weighted by atomic mass is 10.0. The predicted molar refractivity (Wildman–Crippen MR) is 115 cm³/mol. The van der Waals surface area contributed by atoms with Crippen LogP contribution in [0.25, 0.3) is 0 Å². The van der Waals surface area contributed by atoms with Crippen LogP contribution in [-0.4, -0.2) is 63.8 Å². The molecule has 1 aromatic rings. The molecule has 7 nitrogen and oxygen atoms in total. The molecule has 0 atom stereocenters. The van der Waals surface area contributed by atoms with Crippen LogP contribution in [0.5, 0.6) is 5.75 Å². The zero-order valence-corrected chi connectivity index (χ0v) is 18.3. The van der Waals surface area contributed by atoms with Gasteiger partial charge in [-0.3, -0.25) is 4.99 Å². The first-order valence-electron chi connectivity index (χ1n) is 10.0. The van der Waals surface area contributed by atoms with Gasteiger partial charge >= 0.3 is 0 Å². The van der Waals surface area contributed by atoms with Crippen LogP contribution in [0.15, 0.2) is 29.3 Å². The van der Waals surface area contributed by atoms with E-state index in [0.29, 0.717) is 32.2 Å². The molecule has 2 N–H and O–H groups in total. The largest absolute Gasteiger partial charge is 0.491 e. The van der Waals surface area contributed by atoms with Gasteiger partial charge in [-0.25, -0.2) is 12.7 Å². The van der Waals surface area contributed by atoms with E-state index in [1.165, 1.54) is 5.56 Å². The third-order valence-electron chi connectivity index (χ3n) is 4.97. The number of guanidine groups is 1. The van der Waals surface area contributed by atoms with E-state index in [1.54, 1.807) is 18.3 Å². The summed E-state index contributed by atoms with van der Waals surface area (Å²) in [5, 5.41) is 6.66. The second-order valence-electron chi connectivity index (χ2n) is 7.26. The third kappa shape index (κ3) is 6.38. The van der Waals surface area contributed by atoms with Gasteiger partial charge in [0.1, 0.15) is 12.4 Å². The highest BCUT2D eigenvalue weighted by molar-refractivity contribution is 7.89. The van der Waals surface area contributed by atoms with Crippen LogP contribution in [-0.2, 0) is 10.0 Å². The fraction of sp³-hybridized carbons (Fsp3) is 0.650. The minimum absolute atomic E-state index is 0.161. The van der Waals surface area contributed by atoms with Gasteiger partial charge in [0.05, 0.1) is 12.3 Å². The first kappa shape index (κ1) is 22.5. The molecule has 0 amide bonds. The first-order chi connectivity index (χ1) is 13.4. The molecule has 1 fully saturated rings. The molecule has 28 heavy (non-hydrogen) atoms. The summed E-state index contributed by atoms with van der Waals surface area (Å²) in [4.78, 5) is 4.26. The van der Waals surface area contributed by atoms with Gasteiger partial charge in [0.2, 0.25) is 10.0 Å². The van der Waals surface area contributed by atoms with Crippen molar-refractivity contribution in [3.8, 4) is 5.75 Å². The van der Waals surface area contributed by atoms with Crippen molar-refractivity contribution in [3.63, 3.8) is 0 Å². The summed E-state index contributed by atoms with van der Waals surface area (Å²) in [6, 6.07) is 8.33. The number of benzene rings is 1. The maximum Gasteiger partial charge on any atom is 0.213 e. The van der Waals surface area contributed by atoms with Gasteiger partial charge in [-0.1, -0.05) is 32.0 Å². The Bertz CT molecular complexity index is 742. The fourth-order valence-corrected chi connectivity index (χ4v) is 4.40. The van der Waals surface area contributed by atoms with Crippen molar-refractivity contribution < 1.29 is 13.2 Å². The van der Waals surface area contributed by atoms with E-state index in [-0.39, 0.29) is 11.8 Å². The number of piperidine rings is 1. The minimum Gasteiger partial charge on any atom is -0.491 e. The SMILES string of the molecule is CCS(=O)(=O)N1CCC(NC(=NC)NCCOc2ccccc2C(C)C)CC1. The summed E-state index contributed by atoms with van der Waals surface area (Å²) in [5.74, 6) is 2.22. The number of nitrogens with zero attached hydrogens (tertiary/aromatic N) is 2.